The van der Waals surface area contributed by atoms with Crippen molar-refractivity contribution >= 4 is 11.3 Å². The molecule has 0 aliphatic heterocycles. The summed E-state index contributed by atoms with van der Waals surface area (Å²) in [4.78, 5) is 1.62. The molecule has 1 heterocycles. The van der Waals surface area contributed by atoms with Crippen LogP contribution < -0.4 is 0 Å². The van der Waals surface area contributed by atoms with E-state index in [1.807, 2.05) is 19.9 Å². The Morgan fingerprint density at radius 2 is 1.08 bits per heavy atom. The summed E-state index contributed by atoms with van der Waals surface area (Å²) < 4.78 is 0. The first-order valence-electron chi connectivity index (χ1n) is 7.33. The monoisotopic (exact) mass is 346 g/mol. The molecule has 0 fully saturated rings. The molecular formula is C18H18O5S. The van der Waals surface area contributed by atoms with Gasteiger partial charge in [0.1, 0.15) is 0 Å². The van der Waals surface area contributed by atoms with E-state index in [0.29, 0.717) is 5.56 Å². The number of aromatic hydroxyl groups is 5. The third kappa shape index (κ3) is 3.38. The number of rotatable bonds is 2. The molecule has 0 bridgehead atoms. The molecule has 0 atom stereocenters. The van der Waals surface area contributed by atoms with Gasteiger partial charge in [-0.2, -0.15) is 0 Å². The second-order valence-electron chi connectivity index (χ2n) is 4.73. The Morgan fingerprint density at radius 1 is 0.583 bits per heavy atom. The molecule has 0 radical (unpaired) electrons. The predicted molar refractivity (Wildman–Crippen MR) is 94.9 cm³/mol. The van der Waals surface area contributed by atoms with E-state index >= 15 is 0 Å². The molecule has 0 spiro atoms. The van der Waals surface area contributed by atoms with E-state index in [2.05, 4.69) is 0 Å². The summed E-state index contributed by atoms with van der Waals surface area (Å²) >= 11 is 1.38. The summed E-state index contributed by atoms with van der Waals surface area (Å²) in [7, 11) is 0. The van der Waals surface area contributed by atoms with Crippen molar-refractivity contribution in [2.45, 2.75) is 13.8 Å². The maximum atomic E-state index is 9.57. The van der Waals surface area contributed by atoms with Gasteiger partial charge in [0.2, 0.25) is 0 Å². The molecule has 6 heteroatoms. The minimum absolute atomic E-state index is 0.186. The summed E-state index contributed by atoms with van der Waals surface area (Å²) in [5.41, 5.74) is 1.30. The summed E-state index contributed by atoms with van der Waals surface area (Å²) in [6, 6.07) is 10.9. The van der Waals surface area contributed by atoms with Crippen molar-refractivity contribution in [3.8, 4) is 49.6 Å². The second kappa shape index (κ2) is 7.14. The summed E-state index contributed by atoms with van der Waals surface area (Å²) in [5, 5.41) is 47.4. The number of thiophene rings is 1. The Bertz CT molecular complexity index is 831. The first kappa shape index (κ1) is 17.5. The van der Waals surface area contributed by atoms with Gasteiger partial charge in [0.05, 0.1) is 0 Å². The highest BCUT2D eigenvalue weighted by molar-refractivity contribution is 7.18. The molecule has 5 nitrogen and oxygen atoms in total. The maximum absolute atomic E-state index is 9.57. The predicted octanol–water partition coefficient (Wildman–Crippen LogP) is 4.64. The van der Waals surface area contributed by atoms with Crippen molar-refractivity contribution in [3.63, 3.8) is 0 Å². The highest BCUT2D eigenvalue weighted by atomic mass is 32.1. The molecule has 3 aromatic rings. The Morgan fingerprint density at radius 3 is 1.62 bits per heavy atom. The average Bonchev–Trinajstić information content (AvgIpc) is 3.06. The summed E-state index contributed by atoms with van der Waals surface area (Å²) in [5.74, 6) is -1.73. The molecule has 0 amide bonds. The Hall–Kier alpha value is -2.86. The smallest absolute Gasteiger partial charge is 0.200 e. The van der Waals surface area contributed by atoms with Gasteiger partial charge in [-0.15, -0.1) is 11.3 Å². The lowest BCUT2D eigenvalue weighted by Gasteiger charge is -2.04. The van der Waals surface area contributed by atoms with E-state index in [1.165, 1.54) is 35.6 Å². The van der Waals surface area contributed by atoms with Crippen LogP contribution in [0.25, 0.3) is 20.9 Å². The lowest BCUT2D eigenvalue weighted by atomic mass is 10.1. The number of hydrogen-bond donors (Lipinski definition) is 5. The van der Waals surface area contributed by atoms with Crippen molar-refractivity contribution < 1.29 is 25.5 Å². The molecule has 0 aliphatic carbocycles. The van der Waals surface area contributed by atoms with Crippen LogP contribution in [-0.2, 0) is 0 Å². The number of benzene rings is 2. The highest BCUT2D eigenvalue weighted by Gasteiger charge is 2.12. The second-order valence-corrected chi connectivity index (χ2v) is 5.81. The van der Waals surface area contributed by atoms with Gasteiger partial charge in [-0.3, -0.25) is 0 Å². The number of phenolic OH excluding ortho intramolecular Hbond substituents is 5. The van der Waals surface area contributed by atoms with E-state index in [1.54, 1.807) is 12.1 Å². The largest absolute Gasteiger partial charge is 0.504 e. The average molecular weight is 346 g/mol. The fraction of sp³-hybridized carbons (Fsp3) is 0.111. The Labute approximate surface area is 143 Å². The third-order valence-corrected chi connectivity index (χ3v) is 4.40. The molecule has 24 heavy (non-hydrogen) atoms. The fourth-order valence-electron chi connectivity index (χ4n) is 2.07. The lowest BCUT2D eigenvalue weighted by Crippen LogP contribution is -1.75. The van der Waals surface area contributed by atoms with Gasteiger partial charge in [-0.25, -0.2) is 0 Å². The number of hydrogen-bond acceptors (Lipinski definition) is 6. The van der Waals surface area contributed by atoms with Crippen LogP contribution in [0.15, 0.2) is 42.5 Å². The van der Waals surface area contributed by atoms with E-state index in [0.717, 1.165) is 15.3 Å². The normalized spacial score (nSPS) is 10.1. The molecule has 1 aromatic heterocycles. The summed E-state index contributed by atoms with van der Waals surface area (Å²) in [6.45, 7) is 4.00. The minimum atomic E-state index is -0.552. The highest BCUT2D eigenvalue weighted by Crippen LogP contribution is 2.42. The van der Waals surface area contributed by atoms with Gasteiger partial charge in [0.15, 0.2) is 28.7 Å². The molecule has 5 N–H and O–H groups in total. The van der Waals surface area contributed by atoms with E-state index in [9.17, 15) is 25.5 Å². The van der Waals surface area contributed by atoms with Gasteiger partial charge in [-0.05, 0) is 53.6 Å². The first-order chi connectivity index (χ1) is 11.5. The first-order valence-corrected chi connectivity index (χ1v) is 8.15. The molecule has 0 unspecified atom stereocenters. The Kier molecular flexibility index (Phi) is 5.21. The van der Waals surface area contributed by atoms with Crippen LogP contribution in [0.4, 0.5) is 0 Å². The van der Waals surface area contributed by atoms with E-state index in [-0.39, 0.29) is 11.5 Å². The zero-order chi connectivity index (χ0) is 17.9. The van der Waals surface area contributed by atoms with Crippen LogP contribution in [0.5, 0.6) is 28.7 Å². The van der Waals surface area contributed by atoms with Crippen LogP contribution in [0.3, 0.4) is 0 Å². The zero-order valence-corrected chi connectivity index (χ0v) is 14.0. The SMILES string of the molecule is CC.Oc1ccc(-c2ccc(-c3cc(O)c(O)c(O)c3)s2)cc1O. The lowest BCUT2D eigenvalue weighted by molar-refractivity contribution is 0.368. The summed E-state index contributed by atoms with van der Waals surface area (Å²) in [6.07, 6.45) is 0. The number of phenols is 5. The molecular weight excluding hydrogens is 328 g/mol. The van der Waals surface area contributed by atoms with Crippen molar-refractivity contribution in [3.05, 3.63) is 42.5 Å². The van der Waals surface area contributed by atoms with Crippen molar-refractivity contribution in [1.29, 1.82) is 0 Å². The topological polar surface area (TPSA) is 101 Å². The van der Waals surface area contributed by atoms with Gasteiger partial charge in [-0.1, -0.05) is 13.8 Å². The van der Waals surface area contributed by atoms with Crippen LogP contribution in [0.2, 0.25) is 0 Å². The zero-order valence-electron chi connectivity index (χ0n) is 13.2. The van der Waals surface area contributed by atoms with Crippen LogP contribution in [0.1, 0.15) is 13.8 Å². The van der Waals surface area contributed by atoms with Crippen LogP contribution >= 0.6 is 11.3 Å². The van der Waals surface area contributed by atoms with Gasteiger partial charge in [0.25, 0.3) is 0 Å². The van der Waals surface area contributed by atoms with Crippen LogP contribution in [0, 0.1) is 0 Å². The van der Waals surface area contributed by atoms with Crippen molar-refractivity contribution in [2.75, 3.05) is 0 Å². The molecule has 0 saturated carbocycles. The quantitative estimate of drug-likeness (QED) is 0.435. The molecule has 126 valence electrons. The van der Waals surface area contributed by atoms with Crippen molar-refractivity contribution in [2.24, 2.45) is 0 Å². The van der Waals surface area contributed by atoms with Crippen LogP contribution in [-0.4, -0.2) is 25.5 Å². The third-order valence-electron chi connectivity index (χ3n) is 3.22. The van der Waals surface area contributed by atoms with Crippen molar-refractivity contribution in [1.82, 2.24) is 0 Å². The molecule has 0 aliphatic rings. The van der Waals surface area contributed by atoms with E-state index < -0.39 is 17.2 Å². The minimum Gasteiger partial charge on any atom is -0.504 e. The maximum Gasteiger partial charge on any atom is 0.200 e. The molecule has 0 saturated heterocycles. The standard InChI is InChI=1S/C16H12O5S.C2H6/c17-10-2-1-8(5-11(10)18)14-3-4-15(22-14)9-6-12(19)16(21)13(20)7-9;1-2/h1-7,17-21H;1-2H3. The molecule has 2 aromatic carbocycles. The Balaban J connectivity index is 0.00000100. The fourth-order valence-corrected chi connectivity index (χ4v) is 3.06. The van der Waals surface area contributed by atoms with Gasteiger partial charge < -0.3 is 25.5 Å². The van der Waals surface area contributed by atoms with Gasteiger partial charge >= 0.3 is 0 Å². The molecule has 3 rings (SSSR count). The van der Waals surface area contributed by atoms with Gasteiger partial charge in [0, 0.05) is 9.75 Å². The van der Waals surface area contributed by atoms with E-state index in [4.69, 9.17) is 0 Å².